The molecule has 2 amide bonds. The second-order valence-electron chi connectivity index (χ2n) is 4.23. The lowest BCUT2D eigenvalue weighted by molar-refractivity contribution is 0.197. The molecule has 0 saturated carbocycles. The largest absolute Gasteiger partial charge is 0.326 e. The van der Waals surface area contributed by atoms with E-state index >= 15 is 0 Å². The predicted octanol–water partition coefficient (Wildman–Crippen LogP) is 1.79. The molecule has 0 unspecified atom stereocenters. The molecular weight excluding hydrogens is 164 g/mol. The molecule has 0 spiro atoms. The summed E-state index contributed by atoms with van der Waals surface area (Å²) >= 11 is 0. The van der Waals surface area contributed by atoms with E-state index in [2.05, 4.69) is 13.8 Å². The molecule has 3 nitrogen and oxygen atoms in total. The van der Waals surface area contributed by atoms with E-state index in [-0.39, 0.29) is 6.03 Å². The minimum absolute atomic E-state index is 0.198. The van der Waals surface area contributed by atoms with Crippen molar-refractivity contribution in [1.82, 2.24) is 9.80 Å². The van der Waals surface area contributed by atoms with Gasteiger partial charge in [0.05, 0.1) is 0 Å². The Hall–Kier alpha value is -0.730. The van der Waals surface area contributed by atoms with Crippen molar-refractivity contribution in [3.05, 3.63) is 0 Å². The zero-order valence-electron chi connectivity index (χ0n) is 8.92. The summed E-state index contributed by atoms with van der Waals surface area (Å²) < 4.78 is 0. The molecule has 0 bridgehead atoms. The van der Waals surface area contributed by atoms with Crippen molar-refractivity contribution in [2.75, 3.05) is 26.7 Å². The number of rotatable bonds is 4. The fourth-order valence-electron chi connectivity index (χ4n) is 1.60. The Balaban J connectivity index is 2.19. The van der Waals surface area contributed by atoms with Gasteiger partial charge in [0, 0.05) is 26.7 Å². The van der Waals surface area contributed by atoms with Gasteiger partial charge in [-0.2, -0.15) is 0 Å². The standard InChI is InChI=1S/C10H20N2O/c1-9(2)5-4-6-12-8-7-11(3)10(12)13/h9H,4-8H2,1-3H3. The molecule has 0 N–H and O–H groups in total. The first kappa shape index (κ1) is 10.4. The molecule has 0 aromatic heterocycles. The van der Waals surface area contributed by atoms with Gasteiger partial charge in [-0.15, -0.1) is 0 Å². The molecule has 0 radical (unpaired) electrons. The molecule has 76 valence electrons. The van der Waals surface area contributed by atoms with Crippen molar-refractivity contribution in [2.24, 2.45) is 5.92 Å². The first-order chi connectivity index (χ1) is 6.11. The van der Waals surface area contributed by atoms with E-state index in [0.717, 1.165) is 32.0 Å². The third-order valence-corrected chi connectivity index (χ3v) is 2.51. The quantitative estimate of drug-likeness (QED) is 0.653. The van der Waals surface area contributed by atoms with Gasteiger partial charge >= 0.3 is 6.03 Å². The molecule has 1 heterocycles. The second kappa shape index (κ2) is 4.49. The minimum Gasteiger partial charge on any atom is -0.326 e. The van der Waals surface area contributed by atoms with E-state index in [1.54, 1.807) is 4.90 Å². The Kier molecular flexibility index (Phi) is 3.58. The first-order valence-corrected chi connectivity index (χ1v) is 5.11. The number of nitrogens with zero attached hydrogens (tertiary/aromatic N) is 2. The van der Waals surface area contributed by atoms with Gasteiger partial charge in [0.1, 0.15) is 0 Å². The zero-order chi connectivity index (χ0) is 9.84. The molecule has 0 aromatic rings. The molecule has 0 aromatic carbocycles. The highest BCUT2D eigenvalue weighted by atomic mass is 16.2. The summed E-state index contributed by atoms with van der Waals surface area (Å²) in [6.45, 7) is 7.17. The predicted molar refractivity (Wildman–Crippen MR) is 53.7 cm³/mol. The van der Waals surface area contributed by atoms with E-state index in [1.165, 1.54) is 6.42 Å². The van der Waals surface area contributed by atoms with Crippen molar-refractivity contribution in [3.63, 3.8) is 0 Å². The summed E-state index contributed by atoms with van der Waals surface area (Å²) in [6, 6.07) is 0.198. The maximum Gasteiger partial charge on any atom is 0.319 e. The Morgan fingerprint density at radius 3 is 2.54 bits per heavy atom. The number of carbonyl (C=O) groups is 1. The van der Waals surface area contributed by atoms with E-state index in [4.69, 9.17) is 0 Å². The molecule has 13 heavy (non-hydrogen) atoms. The maximum atomic E-state index is 11.4. The number of hydrogen-bond acceptors (Lipinski definition) is 1. The van der Waals surface area contributed by atoms with Crippen molar-refractivity contribution in [2.45, 2.75) is 26.7 Å². The molecule has 1 aliphatic rings. The molecule has 3 heteroatoms. The van der Waals surface area contributed by atoms with Crippen molar-refractivity contribution < 1.29 is 4.79 Å². The van der Waals surface area contributed by atoms with Crippen molar-refractivity contribution in [1.29, 1.82) is 0 Å². The van der Waals surface area contributed by atoms with Crippen LogP contribution in [0.25, 0.3) is 0 Å². The van der Waals surface area contributed by atoms with E-state index < -0.39 is 0 Å². The Morgan fingerprint density at radius 1 is 1.38 bits per heavy atom. The fourth-order valence-corrected chi connectivity index (χ4v) is 1.60. The van der Waals surface area contributed by atoms with Gasteiger partial charge in [0.2, 0.25) is 0 Å². The van der Waals surface area contributed by atoms with Crippen LogP contribution < -0.4 is 0 Å². The van der Waals surface area contributed by atoms with Crippen LogP contribution in [0.4, 0.5) is 4.79 Å². The first-order valence-electron chi connectivity index (χ1n) is 5.11. The summed E-state index contributed by atoms with van der Waals surface area (Å²) in [5.74, 6) is 0.746. The van der Waals surface area contributed by atoms with Gasteiger partial charge in [0.25, 0.3) is 0 Å². The Bertz CT molecular complexity index is 180. The van der Waals surface area contributed by atoms with Gasteiger partial charge in [0.15, 0.2) is 0 Å². The number of urea groups is 1. The third kappa shape index (κ3) is 2.90. The zero-order valence-corrected chi connectivity index (χ0v) is 8.92. The van der Waals surface area contributed by atoms with Crippen LogP contribution in [0, 0.1) is 5.92 Å². The minimum atomic E-state index is 0.198. The summed E-state index contributed by atoms with van der Waals surface area (Å²) in [7, 11) is 1.87. The van der Waals surface area contributed by atoms with Gasteiger partial charge in [-0.05, 0) is 18.8 Å². The van der Waals surface area contributed by atoms with Crippen LogP contribution >= 0.6 is 0 Å². The molecule has 1 aliphatic heterocycles. The normalized spacial score (nSPS) is 17.7. The summed E-state index contributed by atoms with van der Waals surface area (Å²) in [5, 5.41) is 0. The molecular formula is C10H20N2O. The highest BCUT2D eigenvalue weighted by molar-refractivity contribution is 5.76. The lowest BCUT2D eigenvalue weighted by Gasteiger charge is -2.16. The fraction of sp³-hybridized carbons (Fsp3) is 0.900. The Morgan fingerprint density at radius 2 is 2.08 bits per heavy atom. The smallest absolute Gasteiger partial charge is 0.319 e. The van der Waals surface area contributed by atoms with Crippen LogP contribution in [0.15, 0.2) is 0 Å². The number of amides is 2. The van der Waals surface area contributed by atoms with Crippen molar-refractivity contribution in [3.8, 4) is 0 Å². The molecule has 1 rings (SSSR count). The molecule has 0 atom stereocenters. The molecule has 1 fully saturated rings. The third-order valence-electron chi connectivity index (χ3n) is 2.51. The lowest BCUT2D eigenvalue weighted by Crippen LogP contribution is -2.30. The van der Waals surface area contributed by atoms with E-state index in [1.807, 2.05) is 11.9 Å². The molecule has 0 aliphatic carbocycles. The molecule has 1 saturated heterocycles. The highest BCUT2D eigenvalue weighted by Gasteiger charge is 2.24. The average molecular weight is 184 g/mol. The monoisotopic (exact) mass is 184 g/mol. The summed E-state index contributed by atoms with van der Waals surface area (Å²) in [5.41, 5.74) is 0. The van der Waals surface area contributed by atoms with Crippen LogP contribution in [0.1, 0.15) is 26.7 Å². The SMILES string of the molecule is CC(C)CCCN1CCN(C)C1=O. The van der Waals surface area contributed by atoms with Gasteiger partial charge in [-0.3, -0.25) is 0 Å². The van der Waals surface area contributed by atoms with Gasteiger partial charge in [-0.1, -0.05) is 13.8 Å². The summed E-state index contributed by atoms with van der Waals surface area (Å²) in [4.78, 5) is 15.2. The topological polar surface area (TPSA) is 23.6 Å². The van der Waals surface area contributed by atoms with E-state index in [0.29, 0.717) is 0 Å². The maximum absolute atomic E-state index is 11.4. The lowest BCUT2D eigenvalue weighted by atomic mass is 10.1. The van der Waals surface area contributed by atoms with Crippen LogP contribution in [0.3, 0.4) is 0 Å². The Labute approximate surface area is 80.7 Å². The van der Waals surface area contributed by atoms with Crippen molar-refractivity contribution >= 4 is 6.03 Å². The van der Waals surface area contributed by atoms with E-state index in [9.17, 15) is 4.79 Å². The van der Waals surface area contributed by atoms with Crippen LogP contribution in [-0.2, 0) is 0 Å². The second-order valence-corrected chi connectivity index (χ2v) is 4.23. The number of hydrogen-bond donors (Lipinski definition) is 0. The summed E-state index contributed by atoms with van der Waals surface area (Å²) in [6.07, 6.45) is 2.35. The van der Waals surface area contributed by atoms with Crippen LogP contribution in [0.2, 0.25) is 0 Å². The van der Waals surface area contributed by atoms with Gasteiger partial charge in [-0.25, -0.2) is 4.79 Å². The average Bonchev–Trinajstić information content (AvgIpc) is 2.35. The highest BCUT2D eigenvalue weighted by Crippen LogP contribution is 2.09. The number of likely N-dealkylation sites (N-methyl/N-ethyl adjacent to an activating group) is 1. The van der Waals surface area contributed by atoms with Gasteiger partial charge < -0.3 is 9.80 Å². The number of carbonyl (C=O) groups excluding carboxylic acids is 1. The van der Waals surface area contributed by atoms with Crippen LogP contribution in [0.5, 0.6) is 0 Å². The van der Waals surface area contributed by atoms with Crippen LogP contribution in [-0.4, -0.2) is 42.5 Å².